The predicted octanol–water partition coefficient (Wildman–Crippen LogP) is 5.49. The Balaban J connectivity index is 1.54. The van der Waals surface area contributed by atoms with Crippen molar-refractivity contribution in [3.05, 3.63) is 86.9 Å². The van der Waals surface area contributed by atoms with E-state index in [0.717, 1.165) is 27.1 Å². The van der Waals surface area contributed by atoms with Crippen LogP contribution in [0.1, 0.15) is 16.7 Å². The second-order valence-corrected chi connectivity index (χ2v) is 8.77. The largest absolute Gasteiger partial charge is 0.333 e. The molecule has 31 heavy (non-hydrogen) atoms. The molecule has 0 radical (unpaired) electrons. The second kappa shape index (κ2) is 7.76. The summed E-state index contributed by atoms with van der Waals surface area (Å²) in [5.41, 5.74) is 3.67. The maximum atomic E-state index is 13.2. The molecule has 3 aromatic heterocycles. The molecule has 0 saturated heterocycles. The fourth-order valence-electron chi connectivity index (χ4n) is 3.48. The molecule has 0 bridgehead atoms. The molecular formula is C23H17ClN4O2S. The number of halogens is 1. The minimum atomic E-state index is -0.0987. The summed E-state index contributed by atoms with van der Waals surface area (Å²) in [7, 11) is 0. The predicted molar refractivity (Wildman–Crippen MR) is 123 cm³/mol. The molecule has 2 aromatic carbocycles. The van der Waals surface area contributed by atoms with E-state index >= 15 is 0 Å². The SMILES string of the molecule is Cc1cccc(-c2noc(-c3sc4ncn(Cc5ccc(Cl)cc5)c(=O)c4c3C)n2)c1. The maximum absolute atomic E-state index is 13.2. The number of benzene rings is 2. The van der Waals surface area contributed by atoms with E-state index < -0.39 is 0 Å². The van der Waals surface area contributed by atoms with Gasteiger partial charge in [-0.25, -0.2) is 4.98 Å². The Bertz CT molecular complexity index is 1470. The Kier molecular flexibility index (Phi) is 4.92. The molecule has 5 aromatic rings. The molecule has 154 valence electrons. The number of rotatable bonds is 4. The Labute approximate surface area is 186 Å². The number of aromatic nitrogens is 4. The molecule has 0 saturated carbocycles. The normalized spacial score (nSPS) is 11.3. The van der Waals surface area contributed by atoms with Crippen molar-refractivity contribution in [2.75, 3.05) is 0 Å². The molecule has 3 heterocycles. The summed E-state index contributed by atoms with van der Waals surface area (Å²) < 4.78 is 7.13. The molecule has 0 aliphatic rings. The van der Waals surface area contributed by atoms with Crippen LogP contribution in [0.3, 0.4) is 0 Å². The number of fused-ring (bicyclic) bond motifs is 1. The van der Waals surface area contributed by atoms with Gasteiger partial charge < -0.3 is 4.52 Å². The topological polar surface area (TPSA) is 73.8 Å². The quantitative estimate of drug-likeness (QED) is 0.363. The van der Waals surface area contributed by atoms with Crippen LogP contribution in [0, 0.1) is 13.8 Å². The van der Waals surface area contributed by atoms with Gasteiger partial charge in [-0.1, -0.05) is 52.7 Å². The zero-order valence-corrected chi connectivity index (χ0v) is 18.4. The lowest BCUT2D eigenvalue weighted by Crippen LogP contribution is -2.21. The number of aryl methyl sites for hydroxylation is 2. The molecule has 0 spiro atoms. The van der Waals surface area contributed by atoms with Crippen molar-refractivity contribution in [1.29, 1.82) is 0 Å². The fraction of sp³-hybridized carbons (Fsp3) is 0.130. The molecule has 0 N–H and O–H groups in total. The van der Waals surface area contributed by atoms with Crippen LogP contribution in [-0.4, -0.2) is 19.7 Å². The van der Waals surface area contributed by atoms with Crippen molar-refractivity contribution < 1.29 is 4.52 Å². The van der Waals surface area contributed by atoms with E-state index in [4.69, 9.17) is 16.1 Å². The smallest absolute Gasteiger partial charge is 0.268 e. The minimum Gasteiger partial charge on any atom is -0.333 e. The monoisotopic (exact) mass is 448 g/mol. The van der Waals surface area contributed by atoms with Crippen LogP contribution in [0.4, 0.5) is 0 Å². The molecule has 5 rings (SSSR count). The number of thiophene rings is 1. The van der Waals surface area contributed by atoms with Crippen LogP contribution >= 0.6 is 22.9 Å². The molecule has 0 amide bonds. The zero-order chi connectivity index (χ0) is 21.5. The average molecular weight is 449 g/mol. The van der Waals surface area contributed by atoms with Crippen molar-refractivity contribution in [1.82, 2.24) is 19.7 Å². The van der Waals surface area contributed by atoms with Gasteiger partial charge in [-0.3, -0.25) is 9.36 Å². The highest BCUT2D eigenvalue weighted by Crippen LogP contribution is 2.35. The van der Waals surface area contributed by atoms with Gasteiger partial charge >= 0.3 is 0 Å². The van der Waals surface area contributed by atoms with Crippen molar-refractivity contribution in [3.63, 3.8) is 0 Å². The van der Waals surface area contributed by atoms with Crippen LogP contribution in [0.2, 0.25) is 5.02 Å². The lowest BCUT2D eigenvalue weighted by molar-refractivity contribution is 0.433. The first-order valence-corrected chi connectivity index (χ1v) is 10.8. The van der Waals surface area contributed by atoms with Gasteiger partial charge in [0.05, 0.1) is 23.1 Å². The van der Waals surface area contributed by atoms with Crippen LogP contribution < -0.4 is 5.56 Å². The van der Waals surface area contributed by atoms with Gasteiger partial charge in [0, 0.05) is 10.6 Å². The van der Waals surface area contributed by atoms with Crippen molar-refractivity contribution >= 4 is 33.2 Å². The number of hydrogen-bond donors (Lipinski definition) is 0. The van der Waals surface area contributed by atoms with Gasteiger partial charge in [-0.2, -0.15) is 4.98 Å². The summed E-state index contributed by atoms with van der Waals surface area (Å²) in [6.07, 6.45) is 1.57. The van der Waals surface area contributed by atoms with E-state index in [1.54, 1.807) is 10.9 Å². The van der Waals surface area contributed by atoms with Gasteiger partial charge in [0.2, 0.25) is 5.82 Å². The molecule has 6 nitrogen and oxygen atoms in total. The van der Waals surface area contributed by atoms with E-state index in [-0.39, 0.29) is 5.56 Å². The third-order valence-electron chi connectivity index (χ3n) is 5.08. The Morgan fingerprint density at radius 1 is 1.13 bits per heavy atom. The summed E-state index contributed by atoms with van der Waals surface area (Å²) in [4.78, 5) is 23.6. The lowest BCUT2D eigenvalue weighted by Gasteiger charge is -2.05. The fourth-order valence-corrected chi connectivity index (χ4v) is 4.67. The maximum Gasteiger partial charge on any atom is 0.268 e. The zero-order valence-electron chi connectivity index (χ0n) is 16.8. The van der Waals surface area contributed by atoms with Crippen molar-refractivity contribution in [3.8, 4) is 22.2 Å². The van der Waals surface area contributed by atoms with Crippen LogP contribution in [-0.2, 0) is 6.54 Å². The molecule has 0 fully saturated rings. The summed E-state index contributed by atoms with van der Waals surface area (Å²) in [6.45, 7) is 4.32. The Morgan fingerprint density at radius 2 is 1.94 bits per heavy atom. The van der Waals surface area contributed by atoms with Crippen LogP contribution in [0.5, 0.6) is 0 Å². The Hall–Kier alpha value is -3.29. The van der Waals surface area contributed by atoms with Gasteiger partial charge in [-0.15, -0.1) is 11.3 Å². The summed E-state index contributed by atoms with van der Waals surface area (Å²) in [5, 5.41) is 5.36. The number of hydrogen-bond acceptors (Lipinski definition) is 6. The minimum absolute atomic E-state index is 0.0987. The molecule has 0 atom stereocenters. The average Bonchev–Trinajstić information content (AvgIpc) is 3.37. The molecule has 0 aliphatic heterocycles. The van der Waals surface area contributed by atoms with Crippen LogP contribution in [0.25, 0.3) is 32.4 Å². The van der Waals surface area contributed by atoms with E-state index in [1.165, 1.54) is 11.3 Å². The highest BCUT2D eigenvalue weighted by molar-refractivity contribution is 7.22. The van der Waals surface area contributed by atoms with Gasteiger partial charge in [-0.05, 0) is 43.2 Å². The third kappa shape index (κ3) is 3.66. The first kappa shape index (κ1) is 19.7. The third-order valence-corrected chi connectivity index (χ3v) is 6.52. The van der Waals surface area contributed by atoms with E-state index in [1.807, 2.05) is 62.4 Å². The Morgan fingerprint density at radius 3 is 2.71 bits per heavy atom. The summed E-state index contributed by atoms with van der Waals surface area (Å²) in [5.74, 6) is 0.907. The molecule has 0 unspecified atom stereocenters. The van der Waals surface area contributed by atoms with E-state index in [2.05, 4.69) is 15.1 Å². The standard InChI is InChI=1S/C23H17ClN4O2S/c1-13-4-3-5-16(10-13)20-26-21(30-27-20)19-14(2)18-22(31-19)25-12-28(23(18)29)11-15-6-8-17(24)9-7-15/h3-10,12H,11H2,1-2H3. The highest BCUT2D eigenvalue weighted by Gasteiger charge is 2.20. The molecular weight excluding hydrogens is 432 g/mol. The van der Waals surface area contributed by atoms with Crippen molar-refractivity contribution in [2.45, 2.75) is 20.4 Å². The van der Waals surface area contributed by atoms with Gasteiger partial charge in [0.15, 0.2) is 0 Å². The second-order valence-electron chi connectivity index (χ2n) is 7.33. The lowest BCUT2D eigenvalue weighted by atomic mass is 10.1. The van der Waals surface area contributed by atoms with Crippen molar-refractivity contribution in [2.24, 2.45) is 0 Å². The highest BCUT2D eigenvalue weighted by atomic mass is 35.5. The molecule has 0 aliphatic carbocycles. The summed E-state index contributed by atoms with van der Waals surface area (Å²) >= 11 is 7.34. The van der Waals surface area contributed by atoms with E-state index in [9.17, 15) is 4.79 Å². The first-order valence-electron chi connectivity index (χ1n) is 9.64. The van der Waals surface area contributed by atoms with Gasteiger partial charge in [0.1, 0.15) is 4.83 Å². The molecule has 8 heteroatoms. The first-order chi connectivity index (χ1) is 15.0. The van der Waals surface area contributed by atoms with E-state index in [0.29, 0.717) is 33.5 Å². The summed E-state index contributed by atoms with van der Waals surface area (Å²) in [6, 6.07) is 15.3. The number of nitrogens with zero attached hydrogens (tertiary/aromatic N) is 4. The van der Waals surface area contributed by atoms with Crippen LogP contribution in [0.15, 0.2) is 64.2 Å². The van der Waals surface area contributed by atoms with Gasteiger partial charge in [0.25, 0.3) is 11.4 Å².